The van der Waals surface area contributed by atoms with Crippen molar-refractivity contribution in [3.05, 3.63) is 11.6 Å². The molecule has 2 rings (SSSR count). The van der Waals surface area contributed by atoms with Crippen LogP contribution < -0.4 is 0 Å². The third-order valence-electron chi connectivity index (χ3n) is 3.55. The second kappa shape index (κ2) is 4.28. The van der Waals surface area contributed by atoms with Crippen molar-refractivity contribution in [1.82, 2.24) is 0 Å². The molecule has 0 radical (unpaired) electrons. The summed E-state index contributed by atoms with van der Waals surface area (Å²) in [5.74, 6) is 0.823. The molecule has 0 aliphatic heterocycles. The Balaban J connectivity index is 2.02. The lowest BCUT2D eigenvalue weighted by Gasteiger charge is -2.28. The van der Waals surface area contributed by atoms with Crippen molar-refractivity contribution >= 4 is 0 Å². The lowest BCUT2D eigenvalue weighted by molar-refractivity contribution is 0.143. The summed E-state index contributed by atoms with van der Waals surface area (Å²) in [6.45, 7) is 0. The minimum Gasteiger partial charge on any atom is -0.393 e. The van der Waals surface area contributed by atoms with Gasteiger partial charge in [0.2, 0.25) is 0 Å². The summed E-state index contributed by atoms with van der Waals surface area (Å²) in [7, 11) is 0. The Morgan fingerprint density at radius 2 is 2.00 bits per heavy atom. The maximum absolute atomic E-state index is 9.58. The largest absolute Gasteiger partial charge is 0.393 e. The summed E-state index contributed by atoms with van der Waals surface area (Å²) in [5, 5.41) is 9.58. The molecule has 0 heterocycles. The Morgan fingerprint density at radius 1 is 1.08 bits per heavy atom. The van der Waals surface area contributed by atoms with Crippen LogP contribution in [0.5, 0.6) is 0 Å². The molecular formula is C12H20O. The van der Waals surface area contributed by atoms with Crippen LogP contribution >= 0.6 is 0 Å². The van der Waals surface area contributed by atoms with E-state index in [9.17, 15) is 5.11 Å². The highest BCUT2D eigenvalue weighted by Gasteiger charge is 2.21. The van der Waals surface area contributed by atoms with E-state index in [-0.39, 0.29) is 6.10 Å². The van der Waals surface area contributed by atoms with Crippen molar-refractivity contribution in [3.63, 3.8) is 0 Å². The van der Waals surface area contributed by atoms with Crippen LogP contribution in [-0.4, -0.2) is 11.2 Å². The molecule has 2 aliphatic rings. The van der Waals surface area contributed by atoms with Crippen molar-refractivity contribution in [2.75, 3.05) is 0 Å². The van der Waals surface area contributed by atoms with E-state index in [1.165, 1.54) is 32.1 Å². The summed E-state index contributed by atoms with van der Waals surface area (Å²) < 4.78 is 0. The normalized spacial score (nSPS) is 39.6. The van der Waals surface area contributed by atoms with E-state index in [0.29, 0.717) is 0 Å². The minimum atomic E-state index is -0.0280. The van der Waals surface area contributed by atoms with Gasteiger partial charge in [-0.3, -0.25) is 0 Å². The molecule has 1 nitrogen and oxygen atoms in total. The van der Waals surface area contributed by atoms with Crippen molar-refractivity contribution in [2.24, 2.45) is 5.92 Å². The van der Waals surface area contributed by atoms with E-state index in [1.807, 2.05) is 0 Å². The summed E-state index contributed by atoms with van der Waals surface area (Å²) in [5.41, 5.74) is 1.71. The molecule has 13 heavy (non-hydrogen) atoms. The summed E-state index contributed by atoms with van der Waals surface area (Å²) >= 11 is 0. The van der Waals surface area contributed by atoms with Gasteiger partial charge >= 0.3 is 0 Å². The van der Waals surface area contributed by atoms with Gasteiger partial charge < -0.3 is 5.11 Å². The van der Waals surface area contributed by atoms with E-state index in [4.69, 9.17) is 0 Å². The van der Waals surface area contributed by atoms with Gasteiger partial charge in [0, 0.05) is 0 Å². The Bertz CT molecular complexity index is 195. The standard InChI is InChI=1S/C12H20O/c13-12-7-3-6-10-4-1-2-5-11(10)8-9-12/h6,11-13H,1-5,7-9H2/b10-6-/t11-,12?/m0/s1. The van der Waals surface area contributed by atoms with Crippen molar-refractivity contribution in [2.45, 2.75) is 57.5 Å². The molecule has 0 bridgehead atoms. The third-order valence-corrected chi connectivity index (χ3v) is 3.55. The molecule has 1 unspecified atom stereocenters. The second-order valence-electron chi connectivity index (χ2n) is 4.53. The van der Waals surface area contributed by atoms with Gasteiger partial charge in [-0.25, -0.2) is 0 Å². The first-order valence-corrected chi connectivity index (χ1v) is 5.73. The van der Waals surface area contributed by atoms with E-state index < -0.39 is 0 Å². The zero-order valence-electron chi connectivity index (χ0n) is 8.34. The van der Waals surface area contributed by atoms with Gasteiger partial charge in [-0.05, 0) is 50.9 Å². The molecule has 2 atom stereocenters. The molecule has 1 saturated carbocycles. The number of aliphatic hydroxyl groups is 1. The predicted octanol–water partition coefficient (Wildman–Crippen LogP) is 3.04. The number of hydrogen-bond acceptors (Lipinski definition) is 1. The van der Waals surface area contributed by atoms with Crippen LogP contribution in [0.3, 0.4) is 0 Å². The molecule has 0 amide bonds. The van der Waals surface area contributed by atoms with E-state index in [0.717, 1.165) is 25.2 Å². The Morgan fingerprint density at radius 3 is 2.92 bits per heavy atom. The van der Waals surface area contributed by atoms with Gasteiger partial charge in [0.05, 0.1) is 6.10 Å². The van der Waals surface area contributed by atoms with Crippen molar-refractivity contribution in [1.29, 1.82) is 0 Å². The molecule has 1 fully saturated rings. The average Bonchev–Trinajstić information content (AvgIpc) is 2.13. The van der Waals surface area contributed by atoms with Gasteiger partial charge in [0.1, 0.15) is 0 Å². The van der Waals surface area contributed by atoms with Crippen molar-refractivity contribution < 1.29 is 5.11 Å². The molecular weight excluding hydrogens is 160 g/mol. The molecule has 1 heteroatoms. The van der Waals surface area contributed by atoms with E-state index in [1.54, 1.807) is 5.57 Å². The SMILES string of the molecule is OC1CC/C=C2/CCCC[C@H]2CC1. The van der Waals surface area contributed by atoms with E-state index in [2.05, 4.69) is 6.08 Å². The summed E-state index contributed by atoms with van der Waals surface area (Å²) in [6, 6.07) is 0. The Hall–Kier alpha value is -0.300. The quantitative estimate of drug-likeness (QED) is 0.568. The van der Waals surface area contributed by atoms with Crippen LogP contribution in [0.1, 0.15) is 51.4 Å². The average molecular weight is 180 g/mol. The molecule has 0 spiro atoms. The first-order chi connectivity index (χ1) is 6.36. The van der Waals surface area contributed by atoms with Gasteiger partial charge in [-0.1, -0.05) is 18.1 Å². The fourth-order valence-corrected chi connectivity index (χ4v) is 2.71. The third kappa shape index (κ3) is 2.34. The smallest absolute Gasteiger partial charge is 0.0543 e. The molecule has 0 aromatic heterocycles. The molecule has 2 aliphatic carbocycles. The van der Waals surface area contributed by atoms with Crippen LogP contribution in [0.25, 0.3) is 0 Å². The van der Waals surface area contributed by atoms with Crippen molar-refractivity contribution in [3.8, 4) is 0 Å². The predicted molar refractivity (Wildman–Crippen MR) is 54.5 cm³/mol. The molecule has 1 N–H and O–H groups in total. The van der Waals surface area contributed by atoms with Gasteiger partial charge in [-0.15, -0.1) is 0 Å². The van der Waals surface area contributed by atoms with E-state index >= 15 is 0 Å². The van der Waals surface area contributed by atoms with Crippen LogP contribution in [0, 0.1) is 5.92 Å². The zero-order chi connectivity index (χ0) is 9.10. The molecule has 0 aromatic carbocycles. The Kier molecular flexibility index (Phi) is 3.05. The highest BCUT2D eigenvalue weighted by molar-refractivity contribution is 5.10. The van der Waals surface area contributed by atoms with Crippen LogP contribution in [0.2, 0.25) is 0 Å². The first kappa shape index (κ1) is 9.26. The fraction of sp³-hybridized carbons (Fsp3) is 0.833. The summed E-state index contributed by atoms with van der Waals surface area (Å²) in [6.07, 6.45) is 12.2. The number of allylic oxidation sites excluding steroid dienone is 2. The number of fused-ring (bicyclic) bond motifs is 1. The highest BCUT2D eigenvalue weighted by Crippen LogP contribution is 2.34. The monoisotopic (exact) mass is 180 g/mol. The topological polar surface area (TPSA) is 20.2 Å². The summed E-state index contributed by atoms with van der Waals surface area (Å²) in [4.78, 5) is 0. The Labute approximate surface area is 80.8 Å². The zero-order valence-corrected chi connectivity index (χ0v) is 8.34. The fourth-order valence-electron chi connectivity index (χ4n) is 2.71. The number of aliphatic hydroxyl groups excluding tert-OH is 1. The minimum absolute atomic E-state index is 0.0280. The van der Waals surface area contributed by atoms with Gasteiger partial charge in [0.25, 0.3) is 0 Å². The number of hydrogen-bond donors (Lipinski definition) is 1. The highest BCUT2D eigenvalue weighted by atomic mass is 16.3. The maximum atomic E-state index is 9.58. The van der Waals surface area contributed by atoms with Gasteiger partial charge in [0.15, 0.2) is 0 Å². The molecule has 0 aromatic rings. The molecule has 0 saturated heterocycles. The van der Waals surface area contributed by atoms with Crippen LogP contribution in [0.4, 0.5) is 0 Å². The maximum Gasteiger partial charge on any atom is 0.0543 e. The first-order valence-electron chi connectivity index (χ1n) is 5.73. The molecule has 74 valence electrons. The lowest BCUT2D eigenvalue weighted by atomic mass is 9.79. The lowest BCUT2D eigenvalue weighted by Crippen LogP contribution is -2.16. The van der Waals surface area contributed by atoms with Crippen LogP contribution in [0.15, 0.2) is 11.6 Å². The van der Waals surface area contributed by atoms with Crippen LogP contribution in [-0.2, 0) is 0 Å². The second-order valence-corrected chi connectivity index (χ2v) is 4.53. The van der Waals surface area contributed by atoms with Gasteiger partial charge in [-0.2, -0.15) is 0 Å². The number of rotatable bonds is 0.